The lowest BCUT2D eigenvalue weighted by molar-refractivity contribution is 0.102. The number of hydrogen-bond acceptors (Lipinski definition) is 5. The predicted octanol–water partition coefficient (Wildman–Crippen LogP) is 4.74. The smallest absolute Gasteiger partial charge is 0.294 e. The SMILES string of the molecule is Cn1ccc(C(=O)Nc2ccc(-c3nc4c(oc5ccc(Br)cc54)c(=O)[nH]3)c(Cl)c2)n1. The summed E-state index contributed by atoms with van der Waals surface area (Å²) in [5.74, 6) is -0.0550. The van der Waals surface area contributed by atoms with E-state index in [9.17, 15) is 9.59 Å². The molecular weight excluding hydrogens is 486 g/mol. The monoisotopic (exact) mass is 497 g/mol. The summed E-state index contributed by atoms with van der Waals surface area (Å²) in [4.78, 5) is 32.2. The standard InChI is InChI=1S/C21H13BrClN5O3/c1-28-7-6-15(27-28)20(29)24-11-3-4-12(14(23)9-11)19-25-17-13-8-10(22)2-5-16(13)31-18(17)21(30)26-19/h2-9H,1H3,(H,24,29)(H,25,26,30). The summed E-state index contributed by atoms with van der Waals surface area (Å²) >= 11 is 9.88. The molecule has 1 amide bonds. The topological polar surface area (TPSA) is 106 Å². The predicted molar refractivity (Wildman–Crippen MR) is 121 cm³/mol. The van der Waals surface area contributed by atoms with Crippen LogP contribution < -0.4 is 10.9 Å². The van der Waals surface area contributed by atoms with Gasteiger partial charge in [-0.25, -0.2) is 4.98 Å². The van der Waals surface area contributed by atoms with Crippen LogP contribution in [-0.4, -0.2) is 25.7 Å². The Hall–Kier alpha value is -3.43. The highest BCUT2D eigenvalue weighted by atomic mass is 79.9. The number of benzene rings is 2. The zero-order valence-corrected chi connectivity index (χ0v) is 18.3. The van der Waals surface area contributed by atoms with Crippen molar-refractivity contribution in [1.29, 1.82) is 0 Å². The molecule has 2 aromatic carbocycles. The minimum atomic E-state index is -0.407. The first kappa shape index (κ1) is 19.5. The van der Waals surface area contributed by atoms with Crippen molar-refractivity contribution >= 4 is 61.2 Å². The largest absolute Gasteiger partial charge is 0.449 e. The number of amides is 1. The van der Waals surface area contributed by atoms with Crippen LogP contribution in [0, 0.1) is 0 Å². The molecule has 8 nitrogen and oxygen atoms in total. The van der Waals surface area contributed by atoms with Crippen LogP contribution in [-0.2, 0) is 7.05 Å². The van der Waals surface area contributed by atoms with Crippen molar-refractivity contribution in [3.05, 3.63) is 74.2 Å². The van der Waals surface area contributed by atoms with E-state index in [0.717, 1.165) is 4.47 Å². The summed E-state index contributed by atoms with van der Waals surface area (Å²) in [6.45, 7) is 0. The molecule has 10 heteroatoms. The number of hydrogen-bond donors (Lipinski definition) is 2. The van der Waals surface area contributed by atoms with E-state index in [0.29, 0.717) is 38.6 Å². The zero-order chi connectivity index (χ0) is 21.7. The van der Waals surface area contributed by atoms with Crippen LogP contribution in [0.15, 0.2) is 62.3 Å². The molecular formula is C21H13BrClN5O3. The first-order chi connectivity index (χ1) is 14.9. The Kier molecular flexibility index (Phi) is 4.64. The van der Waals surface area contributed by atoms with E-state index in [4.69, 9.17) is 16.0 Å². The number of H-pyrrole nitrogens is 1. The third-order valence-corrected chi connectivity index (χ3v) is 5.52. The van der Waals surface area contributed by atoms with E-state index < -0.39 is 5.56 Å². The Balaban J connectivity index is 1.54. The zero-order valence-electron chi connectivity index (χ0n) is 15.9. The molecule has 3 aromatic heterocycles. The molecule has 154 valence electrons. The number of aryl methyl sites for hydroxylation is 1. The quantitative estimate of drug-likeness (QED) is 0.374. The third-order valence-electron chi connectivity index (χ3n) is 4.71. The van der Waals surface area contributed by atoms with Crippen molar-refractivity contribution in [3.8, 4) is 11.4 Å². The van der Waals surface area contributed by atoms with Crippen LogP contribution >= 0.6 is 27.5 Å². The maximum Gasteiger partial charge on any atom is 0.294 e. The van der Waals surface area contributed by atoms with Crippen molar-refractivity contribution < 1.29 is 9.21 Å². The van der Waals surface area contributed by atoms with Crippen LogP contribution in [0.1, 0.15) is 10.5 Å². The molecule has 2 N–H and O–H groups in total. The maximum absolute atomic E-state index is 12.6. The molecule has 0 fully saturated rings. The van der Waals surface area contributed by atoms with Crippen LogP contribution in [0.25, 0.3) is 33.5 Å². The van der Waals surface area contributed by atoms with Gasteiger partial charge in [0.25, 0.3) is 11.5 Å². The number of anilines is 1. The van der Waals surface area contributed by atoms with Gasteiger partial charge in [0.05, 0.1) is 5.02 Å². The van der Waals surface area contributed by atoms with Crippen molar-refractivity contribution in [1.82, 2.24) is 19.7 Å². The first-order valence-electron chi connectivity index (χ1n) is 9.12. The van der Waals surface area contributed by atoms with Crippen molar-refractivity contribution in [2.75, 3.05) is 5.32 Å². The Morgan fingerprint density at radius 2 is 2.06 bits per heavy atom. The fourth-order valence-corrected chi connectivity index (χ4v) is 3.90. The van der Waals surface area contributed by atoms with Gasteiger partial charge in [-0.2, -0.15) is 5.10 Å². The highest BCUT2D eigenvalue weighted by molar-refractivity contribution is 9.10. The van der Waals surface area contributed by atoms with Crippen LogP contribution in [0.3, 0.4) is 0 Å². The molecule has 0 aliphatic rings. The molecule has 0 radical (unpaired) electrons. The lowest BCUT2D eigenvalue weighted by Gasteiger charge is -2.08. The number of rotatable bonds is 3. The van der Waals surface area contributed by atoms with Gasteiger partial charge in [-0.15, -0.1) is 0 Å². The number of aromatic amines is 1. The van der Waals surface area contributed by atoms with Gasteiger partial charge in [0, 0.05) is 34.4 Å². The van der Waals surface area contributed by atoms with Gasteiger partial charge in [0.1, 0.15) is 16.9 Å². The average Bonchev–Trinajstić information content (AvgIpc) is 3.32. The van der Waals surface area contributed by atoms with E-state index in [1.54, 1.807) is 48.3 Å². The van der Waals surface area contributed by atoms with Gasteiger partial charge >= 0.3 is 0 Å². The minimum absolute atomic E-state index is 0.146. The Bertz CT molecular complexity index is 1550. The molecule has 0 spiro atoms. The van der Waals surface area contributed by atoms with E-state index in [1.165, 1.54) is 0 Å². The minimum Gasteiger partial charge on any atom is -0.449 e. The molecule has 0 saturated carbocycles. The molecule has 0 aliphatic carbocycles. The van der Waals surface area contributed by atoms with Crippen molar-refractivity contribution in [2.45, 2.75) is 0 Å². The lowest BCUT2D eigenvalue weighted by Crippen LogP contribution is -2.13. The average molecular weight is 499 g/mol. The summed E-state index contributed by atoms with van der Waals surface area (Å²) in [7, 11) is 1.73. The summed E-state index contributed by atoms with van der Waals surface area (Å²) < 4.78 is 8.04. The molecule has 0 aliphatic heterocycles. The van der Waals surface area contributed by atoms with Crippen LogP contribution in [0.2, 0.25) is 5.02 Å². The Labute approximate surface area is 188 Å². The fraction of sp³-hybridized carbons (Fsp3) is 0.0476. The number of nitrogens with zero attached hydrogens (tertiary/aromatic N) is 3. The van der Waals surface area contributed by atoms with E-state index in [2.05, 4.69) is 36.3 Å². The maximum atomic E-state index is 12.6. The second kappa shape index (κ2) is 7.36. The normalized spacial score (nSPS) is 11.3. The molecule has 0 atom stereocenters. The number of carbonyl (C=O) groups excluding carboxylic acids is 1. The van der Waals surface area contributed by atoms with E-state index in [1.807, 2.05) is 12.1 Å². The summed E-state index contributed by atoms with van der Waals surface area (Å²) in [6.07, 6.45) is 1.68. The molecule has 0 unspecified atom stereocenters. The Morgan fingerprint density at radius 3 is 2.81 bits per heavy atom. The number of carbonyl (C=O) groups is 1. The van der Waals surface area contributed by atoms with Gasteiger partial charge in [-0.1, -0.05) is 27.5 Å². The number of fused-ring (bicyclic) bond motifs is 3. The van der Waals surface area contributed by atoms with E-state index >= 15 is 0 Å². The molecule has 3 heterocycles. The van der Waals surface area contributed by atoms with Gasteiger partial charge in [-0.3, -0.25) is 14.3 Å². The van der Waals surface area contributed by atoms with Crippen molar-refractivity contribution in [2.24, 2.45) is 7.05 Å². The fourth-order valence-electron chi connectivity index (χ4n) is 3.27. The van der Waals surface area contributed by atoms with Gasteiger partial charge in [0.15, 0.2) is 5.69 Å². The second-order valence-corrected chi connectivity index (χ2v) is 8.18. The number of aromatic nitrogens is 4. The third kappa shape index (κ3) is 3.51. The lowest BCUT2D eigenvalue weighted by atomic mass is 10.1. The number of nitrogens with one attached hydrogen (secondary N) is 2. The molecule has 5 rings (SSSR count). The van der Waals surface area contributed by atoms with E-state index in [-0.39, 0.29) is 17.2 Å². The number of furan rings is 1. The molecule has 0 bridgehead atoms. The highest BCUT2D eigenvalue weighted by Crippen LogP contribution is 2.32. The molecule has 5 aromatic rings. The Morgan fingerprint density at radius 1 is 1.23 bits per heavy atom. The summed E-state index contributed by atoms with van der Waals surface area (Å²) in [6, 6.07) is 12.0. The summed E-state index contributed by atoms with van der Waals surface area (Å²) in [5, 5.41) is 7.85. The second-order valence-electron chi connectivity index (χ2n) is 6.86. The van der Waals surface area contributed by atoms with Gasteiger partial charge < -0.3 is 14.7 Å². The van der Waals surface area contributed by atoms with Gasteiger partial charge in [-0.05, 0) is 42.5 Å². The molecule has 31 heavy (non-hydrogen) atoms. The highest BCUT2D eigenvalue weighted by Gasteiger charge is 2.17. The number of halogens is 2. The van der Waals surface area contributed by atoms with Crippen LogP contribution in [0.5, 0.6) is 0 Å². The first-order valence-corrected chi connectivity index (χ1v) is 10.3. The summed E-state index contributed by atoms with van der Waals surface area (Å²) in [5.41, 5.74) is 2.04. The molecule has 0 saturated heterocycles. The van der Waals surface area contributed by atoms with Gasteiger partial charge in [0.2, 0.25) is 5.58 Å². The van der Waals surface area contributed by atoms with Crippen LogP contribution in [0.4, 0.5) is 5.69 Å². The van der Waals surface area contributed by atoms with Crippen molar-refractivity contribution in [3.63, 3.8) is 0 Å².